The van der Waals surface area contributed by atoms with E-state index in [-0.39, 0.29) is 11.1 Å². The summed E-state index contributed by atoms with van der Waals surface area (Å²) in [6.45, 7) is 0. The Bertz CT molecular complexity index is 587. The van der Waals surface area contributed by atoms with Gasteiger partial charge in [0.15, 0.2) is 11.1 Å². The maximum absolute atomic E-state index is 7.53. The fourth-order valence-corrected chi connectivity index (χ4v) is 2.91. The van der Waals surface area contributed by atoms with Crippen LogP contribution in [0.15, 0.2) is 40.7 Å². The van der Waals surface area contributed by atoms with E-state index in [1.807, 2.05) is 35.7 Å². The minimum Gasteiger partial charge on any atom is -0.370 e. The fraction of sp³-hybridized carbons (Fsp3) is 0.0833. The van der Waals surface area contributed by atoms with Crippen molar-refractivity contribution >= 4 is 34.2 Å². The van der Waals surface area contributed by atoms with Gasteiger partial charge in [0.05, 0.1) is 5.69 Å². The van der Waals surface area contributed by atoms with Gasteiger partial charge in [-0.15, -0.1) is 11.3 Å². The number of hydrogen-bond donors (Lipinski definition) is 3. The Kier molecular flexibility index (Phi) is 4.53. The fourth-order valence-electron chi connectivity index (χ4n) is 1.38. The number of thiazole rings is 1. The molecule has 0 aliphatic heterocycles. The van der Waals surface area contributed by atoms with Gasteiger partial charge in [0, 0.05) is 16.7 Å². The molecule has 2 rings (SSSR count). The number of hydrogen-bond acceptors (Lipinski definition) is 4. The van der Waals surface area contributed by atoms with Gasteiger partial charge < -0.3 is 11.5 Å². The average Bonchev–Trinajstić information content (AvgIpc) is 2.85. The SMILES string of the molecule is N=C(N=C(N)N)SCc1csc(-c2ccccc2)n1. The molecule has 1 aromatic heterocycles. The lowest BCUT2D eigenvalue weighted by Gasteiger charge is -1.97. The third-order valence-electron chi connectivity index (χ3n) is 2.16. The molecule has 2 aromatic rings. The number of aromatic nitrogens is 1. The number of benzene rings is 1. The van der Waals surface area contributed by atoms with Gasteiger partial charge in [-0.25, -0.2) is 4.98 Å². The van der Waals surface area contributed by atoms with Gasteiger partial charge in [-0.05, 0) is 0 Å². The highest BCUT2D eigenvalue weighted by Gasteiger charge is 2.05. The Balaban J connectivity index is 1.99. The lowest BCUT2D eigenvalue weighted by Crippen LogP contribution is -2.23. The number of aliphatic imine (C=N–C) groups is 1. The van der Waals surface area contributed by atoms with Gasteiger partial charge in [-0.2, -0.15) is 4.99 Å². The molecule has 0 bridgehead atoms. The van der Waals surface area contributed by atoms with Crippen molar-refractivity contribution in [2.24, 2.45) is 16.5 Å². The summed E-state index contributed by atoms with van der Waals surface area (Å²) in [5.74, 6) is 0.486. The molecule has 98 valence electrons. The summed E-state index contributed by atoms with van der Waals surface area (Å²) in [4.78, 5) is 8.17. The number of thioether (sulfide) groups is 1. The summed E-state index contributed by atoms with van der Waals surface area (Å²) >= 11 is 2.83. The number of nitrogens with zero attached hydrogens (tertiary/aromatic N) is 2. The Labute approximate surface area is 119 Å². The van der Waals surface area contributed by atoms with Crippen LogP contribution in [0.3, 0.4) is 0 Å². The second-order valence-electron chi connectivity index (χ2n) is 3.64. The number of amidine groups is 1. The highest BCUT2D eigenvalue weighted by atomic mass is 32.2. The molecule has 7 heteroatoms. The van der Waals surface area contributed by atoms with E-state index in [1.165, 1.54) is 11.8 Å². The van der Waals surface area contributed by atoms with Crippen molar-refractivity contribution in [3.05, 3.63) is 41.4 Å². The van der Waals surface area contributed by atoms with Crippen LogP contribution in [0, 0.1) is 5.41 Å². The zero-order valence-corrected chi connectivity index (χ0v) is 11.7. The van der Waals surface area contributed by atoms with Gasteiger partial charge in [0.2, 0.25) is 0 Å². The summed E-state index contributed by atoms with van der Waals surface area (Å²) in [5.41, 5.74) is 12.4. The second-order valence-corrected chi connectivity index (χ2v) is 5.46. The number of nitrogens with one attached hydrogen (secondary N) is 1. The van der Waals surface area contributed by atoms with E-state index in [2.05, 4.69) is 9.98 Å². The molecule has 0 aliphatic carbocycles. The van der Waals surface area contributed by atoms with E-state index < -0.39 is 0 Å². The van der Waals surface area contributed by atoms with E-state index in [0.29, 0.717) is 5.75 Å². The lowest BCUT2D eigenvalue weighted by molar-refractivity contribution is 1.24. The van der Waals surface area contributed by atoms with Crippen molar-refractivity contribution in [2.75, 3.05) is 0 Å². The van der Waals surface area contributed by atoms with Crippen molar-refractivity contribution in [3.63, 3.8) is 0 Å². The minimum atomic E-state index is -0.0965. The molecule has 1 heterocycles. The van der Waals surface area contributed by atoms with Gasteiger partial charge in [0.1, 0.15) is 5.01 Å². The highest BCUT2D eigenvalue weighted by Crippen LogP contribution is 2.25. The Morgan fingerprint density at radius 3 is 2.74 bits per heavy atom. The highest BCUT2D eigenvalue weighted by molar-refractivity contribution is 8.13. The molecule has 0 radical (unpaired) electrons. The van der Waals surface area contributed by atoms with Crippen LogP contribution >= 0.6 is 23.1 Å². The van der Waals surface area contributed by atoms with Gasteiger partial charge >= 0.3 is 0 Å². The van der Waals surface area contributed by atoms with Crippen molar-refractivity contribution < 1.29 is 0 Å². The van der Waals surface area contributed by atoms with Crippen LogP contribution in [-0.2, 0) is 5.75 Å². The zero-order chi connectivity index (χ0) is 13.7. The molecular formula is C12H13N5S2. The van der Waals surface area contributed by atoms with Crippen molar-refractivity contribution in [1.29, 1.82) is 5.41 Å². The van der Waals surface area contributed by atoms with Crippen LogP contribution in [-0.4, -0.2) is 16.1 Å². The molecule has 0 amide bonds. The molecule has 0 unspecified atom stereocenters. The first-order valence-corrected chi connectivity index (χ1v) is 7.32. The summed E-state index contributed by atoms with van der Waals surface area (Å²) in [6.07, 6.45) is 0. The quantitative estimate of drug-likeness (QED) is 0.596. The van der Waals surface area contributed by atoms with Crippen molar-refractivity contribution in [3.8, 4) is 10.6 Å². The third-order valence-corrected chi connectivity index (χ3v) is 3.90. The van der Waals surface area contributed by atoms with E-state index >= 15 is 0 Å². The molecule has 5 N–H and O–H groups in total. The van der Waals surface area contributed by atoms with E-state index in [0.717, 1.165) is 16.3 Å². The Morgan fingerprint density at radius 1 is 1.32 bits per heavy atom. The van der Waals surface area contributed by atoms with E-state index in [1.54, 1.807) is 11.3 Å². The molecular weight excluding hydrogens is 278 g/mol. The molecule has 0 aliphatic rings. The van der Waals surface area contributed by atoms with Crippen LogP contribution in [0.2, 0.25) is 0 Å². The largest absolute Gasteiger partial charge is 0.370 e. The molecule has 1 aromatic carbocycles. The van der Waals surface area contributed by atoms with Crippen molar-refractivity contribution in [1.82, 2.24) is 4.98 Å². The molecule has 0 atom stereocenters. The topological polar surface area (TPSA) is 101 Å². The smallest absolute Gasteiger partial charge is 0.193 e. The standard InChI is InChI=1S/C12H13N5S2/c13-11(14)17-12(15)19-7-9-6-18-10(16-9)8-4-2-1-3-5-8/h1-6H,7H2,(H5,13,14,15,17). The first-order chi connectivity index (χ1) is 9.15. The molecule has 0 saturated heterocycles. The maximum atomic E-state index is 7.53. The second kappa shape index (κ2) is 6.35. The van der Waals surface area contributed by atoms with Crippen molar-refractivity contribution in [2.45, 2.75) is 5.75 Å². The van der Waals surface area contributed by atoms with E-state index in [4.69, 9.17) is 16.9 Å². The summed E-state index contributed by atoms with van der Waals surface area (Å²) < 4.78 is 0. The maximum Gasteiger partial charge on any atom is 0.193 e. The first-order valence-electron chi connectivity index (χ1n) is 5.46. The van der Waals surface area contributed by atoms with Gasteiger partial charge in [-0.1, -0.05) is 42.1 Å². The van der Waals surface area contributed by atoms with E-state index in [9.17, 15) is 0 Å². The summed E-state index contributed by atoms with van der Waals surface area (Å²) in [5, 5.41) is 10.6. The monoisotopic (exact) mass is 291 g/mol. The lowest BCUT2D eigenvalue weighted by atomic mass is 10.2. The van der Waals surface area contributed by atoms with Crippen LogP contribution in [0.25, 0.3) is 10.6 Å². The van der Waals surface area contributed by atoms with Crippen LogP contribution < -0.4 is 11.5 Å². The number of guanidine groups is 1. The van der Waals surface area contributed by atoms with Crippen LogP contribution in [0.1, 0.15) is 5.69 Å². The molecule has 0 saturated carbocycles. The predicted molar refractivity (Wildman–Crippen MR) is 82.4 cm³/mol. The van der Waals surface area contributed by atoms with Crippen LogP contribution in [0.5, 0.6) is 0 Å². The number of rotatable bonds is 3. The zero-order valence-electron chi connectivity index (χ0n) is 10.0. The summed E-state index contributed by atoms with van der Waals surface area (Å²) in [7, 11) is 0. The molecule has 0 fully saturated rings. The first kappa shape index (κ1) is 13.6. The molecule has 19 heavy (non-hydrogen) atoms. The summed E-state index contributed by atoms with van der Waals surface area (Å²) in [6, 6.07) is 10.00. The minimum absolute atomic E-state index is 0.0919. The molecule has 5 nitrogen and oxygen atoms in total. The predicted octanol–water partition coefficient (Wildman–Crippen LogP) is 2.25. The van der Waals surface area contributed by atoms with Crippen LogP contribution in [0.4, 0.5) is 0 Å². The third kappa shape index (κ3) is 4.08. The average molecular weight is 291 g/mol. The molecule has 0 spiro atoms. The Morgan fingerprint density at radius 2 is 2.05 bits per heavy atom. The Hall–Kier alpha value is -1.86. The normalized spacial score (nSPS) is 10.1. The van der Waals surface area contributed by atoms with Gasteiger partial charge in [-0.3, -0.25) is 5.41 Å². The van der Waals surface area contributed by atoms with Gasteiger partial charge in [0.25, 0.3) is 0 Å². The number of nitrogens with two attached hydrogens (primary N) is 2.